The third-order valence-corrected chi connectivity index (χ3v) is 4.50. The van der Waals surface area contributed by atoms with Crippen LogP contribution in [0.15, 0.2) is 22.7 Å². The van der Waals surface area contributed by atoms with Crippen LogP contribution in [0.4, 0.5) is 0 Å². The topological polar surface area (TPSA) is 38.7 Å². The van der Waals surface area contributed by atoms with Crippen molar-refractivity contribution in [1.82, 2.24) is 0 Å². The molecule has 1 aliphatic carbocycles. The summed E-state index contributed by atoms with van der Waals surface area (Å²) in [5, 5.41) is 9.66. The van der Waals surface area contributed by atoms with Crippen LogP contribution in [-0.4, -0.2) is 24.9 Å². The molecule has 0 aromatic heterocycles. The van der Waals surface area contributed by atoms with Gasteiger partial charge in [-0.1, -0.05) is 28.4 Å². The second kappa shape index (κ2) is 4.93. The molecule has 2 aliphatic rings. The van der Waals surface area contributed by atoms with Gasteiger partial charge in [0, 0.05) is 15.5 Å². The number of hydrogen-bond donors (Lipinski definition) is 1. The van der Waals surface area contributed by atoms with Crippen LogP contribution in [0, 0.1) is 0 Å². The van der Waals surface area contributed by atoms with Gasteiger partial charge < -0.3 is 14.6 Å². The summed E-state index contributed by atoms with van der Waals surface area (Å²) in [7, 11) is 0. The van der Waals surface area contributed by atoms with Crippen LogP contribution >= 0.6 is 15.9 Å². The molecule has 0 unspecified atom stereocenters. The summed E-state index contributed by atoms with van der Waals surface area (Å²) >= 11 is 3.54. The van der Waals surface area contributed by atoms with Gasteiger partial charge in [0.2, 0.25) is 0 Å². The zero-order valence-electron chi connectivity index (χ0n) is 10.2. The van der Waals surface area contributed by atoms with Crippen molar-refractivity contribution in [2.45, 2.75) is 31.0 Å². The largest absolute Gasteiger partial charge is 0.395 e. The fourth-order valence-electron chi connectivity index (χ4n) is 2.75. The summed E-state index contributed by atoms with van der Waals surface area (Å²) in [6.07, 6.45) is 3.06. The van der Waals surface area contributed by atoms with Gasteiger partial charge in [0.1, 0.15) is 0 Å². The highest BCUT2D eigenvalue weighted by Gasteiger charge is 2.38. The lowest BCUT2D eigenvalue weighted by Crippen LogP contribution is -2.38. The van der Waals surface area contributed by atoms with Gasteiger partial charge in [-0.3, -0.25) is 0 Å². The Hall–Kier alpha value is -0.420. The standard InChI is InChI=1S/C14H17BrO3/c15-12-7-10(13-17-4-5-18-13)6-11(8-12)14(9-16)2-1-3-14/h6-8,13,16H,1-5,9H2. The normalized spacial score (nSPS) is 23.0. The molecule has 0 bridgehead atoms. The highest BCUT2D eigenvalue weighted by molar-refractivity contribution is 9.10. The van der Waals surface area contributed by atoms with Crippen molar-refractivity contribution in [2.24, 2.45) is 0 Å². The van der Waals surface area contributed by atoms with Crippen molar-refractivity contribution < 1.29 is 14.6 Å². The van der Waals surface area contributed by atoms with E-state index in [0.717, 1.165) is 22.9 Å². The fourth-order valence-corrected chi connectivity index (χ4v) is 3.26. The Balaban J connectivity index is 1.95. The molecule has 1 heterocycles. The molecule has 1 aromatic rings. The Labute approximate surface area is 115 Å². The second-order valence-corrected chi connectivity index (χ2v) is 6.05. The predicted molar refractivity (Wildman–Crippen MR) is 71.4 cm³/mol. The van der Waals surface area contributed by atoms with E-state index in [1.807, 2.05) is 6.07 Å². The lowest BCUT2D eigenvalue weighted by atomic mass is 9.65. The van der Waals surface area contributed by atoms with Gasteiger partial charge in [0.25, 0.3) is 0 Å². The molecule has 3 rings (SSSR count). The van der Waals surface area contributed by atoms with Gasteiger partial charge in [-0.25, -0.2) is 0 Å². The monoisotopic (exact) mass is 312 g/mol. The molecule has 1 saturated carbocycles. The maximum atomic E-state index is 9.66. The number of aliphatic hydroxyl groups is 1. The molecule has 0 spiro atoms. The van der Waals surface area contributed by atoms with Crippen LogP contribution in [0.5, 0.6) is 0 Å². The van der Waals surface area contributed by atoms with E-state index >= 15 is 0 Å². The summed E-state index contributed by atoms with van der Waals surface area (Å²) in [6, 6.07) is 6.26. The van der Waals surface area contributed by atoms with E-state index in [1.165, 1.54) is 12.0 Å². The first-order valence-electron chi connectivity index (χ1n) is 6.39. The average Bonchev–Trinajstić information content (AvgIpc) is 2.81. The number of aliphatic hydroxyl groups excluding tert-OH is 1. The lowest BCUT2D eigenvalue weighted by molar-refractivity contribution is -0.0443. The quantitative estimate of drug-likeness (QED) is 0.932. The van der Waals surface area contributed by atoms with Gasteiger partial charge >= 0.3 is 0 Å². The number of ether oxygens (including phenoxy) is 2. The van der Waals surface area contributed by atoms with E-state index in [9.17, 15) is 5.11 Å². The molecule has 0 amide bonds. The zero-order valence-corrected chi connectivity index (χ0v) is 11.8. The number of halogens is 1. The van der Waals surface area contributed by atoms with E-state index < -0.39 is 0 Å². The third-order valence-electron chi connectivity index (χ3n) is 4.04. The maximum absolute atomic E-state index is 9.66. The maximum Gasteiger partial charge on any atom is 0.184 e. The van der Waals surface area contributed by atoms with Crippen LogP contribution in [0.2, 0.25) is 0 Å². The van der Waals surface area contributed by atoms with Crippen molar-refractivity contribution in [1.29, 1.82) is 0 Å². The first-order chi connectivity index (χ1) is 8.73. The molecule has 1 aliphatic heterocycles. The summed E-state index contributed by atoms with van der Waals surface area (Å²) in [4.78, 5) is 0. The van der Waals surface area contributed by atoms with Gasteiger partial charge in [-0.2, -0.15) is 0 Å². The molecule has 1 N–H and O–H groups in total. The summed E-state index contributed by atoms with van der Waals surface area (Å²) in [6.45, 7) is 1.52. The Bertz CT molecular complexity index is 431. The highest BCUT2D eigenvalue weighted by atomic mass is 79.9. The number of rotatable bonds is 3. The molecular formula is C14H17BrO3. The minimum Gasteiger partial charge on any atom is -0.395 e. The molecule has 3 nitrogen and oxygen atoms in total. The van der Waals surface area contributed by atoms with Gasteiger partial charge in [0.15, 0.2) is 6.29 Å². The van der Waals surface area contributed by atoms with E-state index in [2.05, 4.69) is 28.1 Å². The van der Waals surface area contributed by atoms with Crippen molar-refractivity contribution in [2.75, 3.05) is 19.8 Å². The Morgan fingerprint density at radius 3 is 2.50 bits per heavy atom. The molecule has 0 radical (unpaired) electrons. The van der Waals surface area contributed by atoms with Crippen LogP contribution in [0.25, 0.3) is 0 Å². The SMILES string of the molecule is OCC1(c2cc(Br)cc(C3OCCO3)c2)CCC1. The first-order valence-corrected chi connectivity index (χ1v) is 7.18. The lowest BCUT2D eigenvalue weighted by Gasteiger charge is -2.41. The fraction of sp³-hybridized carbons (Fsp3) is 0.571. The van der Waals surface area contributed by atoms with Crippen molar-refractivity contribution in [3.05, 3.63) is 33.8 Å². The van der Waals surface area contributed by atoms with Crippen molar-refractivity contribution in [3.8, 4) is 0 Å². The molecule has 4 heteroatoms. The summed E-state index contributed by atoms with van der Waals surface area (Å²) in [5.74, 6) is 0. The van der Waals surface area contributed by atoms with Crippen LogP contribution in [0.1, 0.15) is 36.7 Å². The van der Waals surface area contributed by atoms with E-state index in [4.69, 9.17) is 9.47 Å². The molecule has 1 saturated heterocycles. The van der Waals surface area contributed by atoms with Crippen LogP contribution in [0.3, 0.4) is 0 Å². The predicted octanol–water partition coefficient (Wildman–Crippen LogP) is 2.91. The number of benzene rings is 1. The summed E-state index contributed by atoms with van der Waals surface area (Å²) in [5.41, 5.74) is 2.19. The van der Waals surface area contributed by atoms with Gasteiger partial charge in [0.05, 0.1) is 19.8 Å². The Morgan fingerprint density at radius 1 is 1.22 bits per heavy atom. The second-order valence-electron chi connectivity index (χ2n) is 5.14. The van der Waals surface area contributed by atoms with Crippen molar-refractivity contribution >= 4 is 15.9 Å². The van der Waals surface area contributed by atoms with Crippen LogP contribution in [-0.2, 0) is 14.9 Å². The smallest absolute Gasteiger partial charge is 0.184 e. The molecule has 98 valence electrons. The van der Waals surface area contributed by atoms with E-state index in [0.29, 0.717) is 13.2 Å². The summed E-state index contributed by atoms with van der Waals surface area (Å²) < 4.78 is 12.1. The minimum atomic E-state index is -0.253. The Kier molecular flexibility index (Phi) is 3.45. The number of hydrogen-bond acceptors (Lipinski definition) is 3. The minimum absolute atomic E-state index is 0.0445. The van der Waals surface area contributed by atoms with Crippen molar-refractivity contribution in [3.63, 3.8) is 0 Å². The zero-order chi connectivity index (χ0) is 12.6. The average molecular weight is 313 g/mol. The molecular weight excluding hydrogens is 296 g/mol. The van der Waals surface area contributed by atoms with Gasteiger partial charge in [-0.05, 0) is 30.5 Å². The van der Waals surface area contributed by atoms with Crippen LogP contribution < -0.4 is 0 Å². The van der Waals surface area contributed by atoms with E-state index in [-0.39, 0.29) is 18.3 Å². The highest BCUT2D eigenvalue weighted by Crippen LogP contribution is 2.44. The van der Waals surface area contributed by atoms with Gasteiger partial charge in [-0.15, -0.1) is 0 Å². The third kappa shape index (κ3) is 2.11. The molecule has 1 aromatic carbocycles. The molecule has 0 atom stereocenters. The molecule has 2 fully saturated rings. The Morgan fingerprint density at radius 2 is 1.94 bits per heavy atom. The van der Waals surface area contributed by atoms with E-state index in [1.54, 1.807) is 0 Å². The first kappa shape index (κ1) is 12.6. The molecule has 18 heavy (non-hydrogen) atoms.